The Morgan fingerprint density at radius 3 is 2.89 bits per heavy atom. The molecule has 0 aliphatic carbocycles. The highest BCUT2D eigenvalue weighted by atomic mass is 35.5. The van der Waals surface area contributed by atoms with Gasteiger partial charge in [0.1, 0.15) is 16.5 Å². The second-order valence-electron chi connectivity index (χ2n) is 9.05. The largest absolute Gasteiger partial charge is 0.455 e. The molecule has 0 fully saturated rings. The summed E-state index contributed by atoms with van der Waals surface area (Å²) < 4.78 is 11.2. The Kier molecular flexibility index (Phi) is 6.98. The first kappa shape index (κ1) is 25.3. The normalized spacial score (nSPS) is 13.9. The number of nitrogens with one attached hydrogen (secondary N) is 3. The number of pyridine rings is 1. The van der Waals surface area contributed by atoms with Crippen LogP contribution >= 0.6 is 23.5 Å². The molecule has 0 saturated carbocycles. The molecule has 4 heterocycles. The van der Waals surface area contributed by atoms with Crippen LogP contribution in [0.25, 0.3) is 22.3 Å². The van der Waals surface area contributed by atoms with Gasteiger partial charge in [0.2, 0.25) is 0 Å². The van der Waals surface area contributed by atoms with Gasteiger partial charge in [-0.05, 0) is 44.5 Å². The predicted octanol–water partition coefficient (Wildman–Crippen LogP) is 4.61. The van der Waals surface area contributed by atoms with Crippen molar-refractivity contribution >= 4 is 46.1 Å². The molecule has 0 saturated heterocycles. The van der Waals surface area contributed by atoms with E-state index >= 15 is 0 Å². The Morgan fingerprint density at radius 1 is 1.30 bits per heavy atom. The van der Waals surface area contributed by atoms with Gasteiger partial charge < -0.3 is 15.1 Å². The minimum absolute atomic E-state index is 0.0784. The number of nitrogens with zero attached hydrogens (tertiary/aromatic N) is 3. The van der Waals surface area contributed by atoms with Crippen molar-refractivity contribution in [1.29, 1.82) is 0 Å². The van der Waals surface area contributed by atoms with Gasteiger partial charge in [-0.2, -0.15) is 5.10 Å². The van der Waals surface area contributed by atoms with Crippen LogP contribution in [0.2, 0.25) is 5.15 Å². The van der Waals surface area contributed by atoms with E-state index in [9.17, 15) is 9.59 Å². The van der Waals surface area contributed by atoms with Crippen molar-refractivity contribution in [3.05, 3.63) is 73.9 Å². The Bertz CT molecular complexity index is 1580. The molecule has 1 unspecified atom stereocenters. The van der Waals surface area contributed by atoms with E-state index < -0.39 is 0 Å². The van der Waals surface area contributed by atoms with E-state index in [-0.39, 0.29) is 28.2 Å². The van der Waals surface area contributed by atoms with Crippen molar-refractivity contribution in [3.63, 3.8) is 0 Å². The van der Waals surface area contributed by atoms with Gasteiger partial charge in [0.05, 0.1) is 41.1 Å². The van der Waals surface area contributed by atoms with Gasteiger partial charge in [-0.15, -0.1) is 0 Å². The number of carbonyl (C=O) groups is 1. The fourth-order valence-corrected chi connectivity index (χ4v) is 5.12. The van der Waals surface area contributed by atoms with E-state index in [1.807, 2.05) is 30.7 Å². The van der Waals surface area contributed by atoms with E-state index in [1.165, 1.54) is 11.9 Å². The molecule has 1 amide bonds. The first-order valence-corrected chi connectivity index (χ1v) is 13.5. The number of amides is 1. The molecule has 3 N–H and O–H groups in total. The standard InChI is InChI=1S/C26H27ClN6O3S/c1-13-9-16(15(3)30-19-5-6-21(27)31-22(19)26(35)32-37-4)25-17(10-13)23(34)14(2)24(36-25)18-11-29-33-8-7-28-12-20(18)33/h5-6,9-11,15,28,30H,7-8,12H2,1-4H3,(H,32,35). The third-order valence-corrected chi connectivity index (χ3v) is 7.09. The monoisotopic (exact) mass is 538 g/mol. The van der Waals surface area contributed by atoms with Gasteiger partial charge in [0.15, 0.2) is 11.1 Å². The maximum atomic E-state index is 13.5. The molecule has 11 heteroatoms. The zero-order chi connectivity index (χ0) is 26.3. The minimum Gasteiger partial charge on any atom is -0.455 e. The lowest BCUT2D eigenvalue weighted by Gasteiger charge is -2.20. The van der Waals surface area contributed by atoms with Crippen LogP contribution in [0.1, 0.15) is 45.8 Å². The van der Waals surface area contributed by atoms with Crippen LogP contribution in [0.4, 0.5) is 5.69 Å². The molecule has 1 aliphatic rings. The smallest absolute Gasteiger partial charge is 0.281 e. The van der Waals surface area contributed by atoms with Crippen LogP contribution in [0.15, 0.2) is 39.7 Å². The highest BCUT2D eigenvalue weighted by molar-refractivity contribution is 7.97. The highest BCUT2D eigenvalue weighted by Gasteiger charge is 2.24. The molecule has 37 heavy (non-hydrogen) atoms. The fourth-order valence-electron chi connectivity index (χ4n) is 4.69. The first-order chi connectivity index (χ1) is 17.8. The van der Waals surface area contributed by atoms with Crippen molar-refractivity contribution in [2.45, 2.75) is 39.9 Å². The van der Waals surface area contributed by atoms with Gasteiger partial charge in [0, 0.05) is 30.5 Å². The van der Waals surface area contributed by atoms with Crippen LogP contribution < -0.4 is 20.8 Å². The third kappa shape index (κ3) is 4.72. The summed E-state index contributed by atoms with van der Waals surface area (Å²) >= 11 is 7.26. The number of benzene rings is 1. The molecule has 1 atom stereocenters. The zero-order valence-electron chi connectivity index (χ0n) is 20.9. The van der Waals surface area contributed by atoms with Crippen molar-refractivity contribution in [2.75, 3.05) is 18.1 Å². The van der Waals surface area contributed by atoms with Crippen molar-refractivity contribution in [2.24, 2.45) is 0 Å². The van der Waals surface area contributed by atoms with E-state index in [4.69, 9.17) is 16.0 Å². The highest BCUT2D eigenvalue weighted by Crippen LogP contribution is 2.34. The summed E-state index contributed by atoms with van der Waals surface area (Å²) in [5.74, 6) is 0.163. The molecule has 192 valence electrons. The van der Waals surface area contributed by atoms with Crippen LogP contribution in [-0.4, -0.2) is 33.5 Å². The molecule has 0 spiro atoms. The van der Waals surface area contributed by atoms with Gasteiger partial charge in [0.25, 0.3) is 5.91 Å². The number of rotatable bonds is 6. The predicted molar refractivity (Wildman–Crippen MR) is 147 cm³/mol. The summed E-state index contributed by atoms with van der Waals surface area (Å²) in [7, 11) is 0. The lowest BCUT2D eigenvalue weighted by Crippen LogP contribution is -2.28. The summed E-state index contributed by atoms with van der Waals surface area (Å²) in [6, 6.07) is 6.86. The molecular formula is C26H27ClN6O3S. The van der Waals surface area contributed by atoms with Crippen molar-refractivity contribution < 1.29 is 9.21 Å². The number of carbonyl (C=O) groups excluding carboxylic acids is 1. The number of anilines is 1. The zero-order valence-corrected chi connectivity index (χ0v) is 22.5. The minimum atomic E-state index is -0.358. The Hall–Kier alpha value is -3.34. The third-order valence-electron chi connectivity index (χ3n) is 6.49. The number of fused-ring (bicyclic) bond motifs is 2. The summed E-state index contributed by atoms with van der Waals surface area (Å²) in [5.41, 5.74) is 5.19. The van der Waals surface area contributed by atoms with E-state index in [0.29, 0.717) is 34.5 Å². The summed E-state index contributed by atoms with van der Waals surface area (Å²) in [6.45, 7) is 7.95. The van der Waals surface area contributed by atoms with Gasteiger partial charge in [-0.3, -0.25) is 19.0 Å². The number of aromatic nitrogens is 3. The van der Waals surface area contributed by atoms with E-state index in [2.05, 4.69) is 25.4 Å². The van der Waals surface area contributed by atoms with Crippen LogP contribution in [0, 0.1) is 13.8 Å². The second-order valence-corrected chi connectivity index (χ2v) is 10.1. The molecule has 1 aromatic carbocycles. The summed E-state index contributed by atoms with van der Waals surface area (Å²) in [4.78, 5) is 30.4. The molecule has 0 radical (unpaired) electrons. The molecular weight excluding hydrogens is 512 g/mol. The van der Waals surface area contributed by atoms with Crippen molar-refractivity contribution in [1.82, 2.24) is 24.8 Å². The van der Waals surface area contributed by atoms with Gasteiger partial charge >= 0.3 is 0 Å². The summed E-state index contributed by atoms with van der Waals surface area (Å²) in [6.07, 6.45) is 3.53. The second kappa shape index (κ2) is 10.2. The Balaban J connectivity index is 1.63. The molecule has 1 aliphatic heterocycles. The topological polar surface area (TPSA) is 114 Å². The maximum absolute atomic E-state index is 13.5. The summed E-state index contributed by atoms with van der Waals surface area (Å²) in [5, 5.41) is 12.0. The van der Waals surface area contributed by atoms with Crippen LogP contribution in [0.3, 0.4) is 0 Å². The number of halogens is 1. The molecule has 9 nitrogen and oxygen atoms in total. The Labute approximate surface area is 223 Å². The Morgan fingerprint density at radius 2 is 2.11 bits per heavy atom. The van der Waals surface area contributed by atoms with Gasteiger partial charge in [-0.25, -0.2) is 4.98 Å². The first-order valence-electron chi connectivity index (χ1n) is 11.9. The van der Waals surface area contributed by atoms with Crippen LogP contribution in [-0.2, 0) is 13.1 Å². The average Bonchev–Trinajstić information content (AvgIpc) is 3.31. The molecule has 0 bridgehead atoms. The molecule has 5 rings (SSSR count). The number of hydrogen-bond donors (Lipinski definition) is 3. The average molecular weight is 539 g/mol. The van der Waals surface area contributed by atoms with Crippen LogP contribution in [0.5, 0.6) is 0 Å². The van der Waals surface area contributed by atoms with Crippen molar-refractivity contribution in [3.8, 4) is 11.3 Å². The molecule has 4 aromatic rings. The van der Waals surface area contributed by atoms with E-state index in [1.54, 1.807) is 31.5 Å². The molecule has 3 aromatic heterocycles. The SMILES string of the molecule is CSNC(=O)c1nc(Cl)ccc1NC(C)c1cc(C)cc2c(=O)c(C)c(-c3cnn4c3CNCC4)oc12. The number of hydrogen-bond acceptors (Lipinski definition) is 8. The fraction of sp³-hybridized carbons (Fsp3) is 0.308. The lowest BCUT2D eigenvalue weighted by molar-refractivity contribution is 0.0980. The maximum Gasteiger partial charge on any atom is 0.281 e. The number of aryl methyl sites for hydroxylation is 1. The lowest BCUT2D eigenvalue weighted by atomic mass is 9.98. The van der Waals surface area contributed by atoms with Gasteiger partial charge in [-0.1, -0.05) is 29.6 Å². The quantitative estimate of drug-likeness (QED) is 0.241. The van der Waals surface area contributed by atoms with E-state index in [0.717, 1.165) is 35.5 Å².